The molecule has 1 aliphatic heterocycles. The molecule has 0 aliphatic carbocycles. The molecule has 4 atom stereocenters. The molecule has 1 rings (SSSR count). The number of ether oxygens (including phenoxy) is 2. The molecule has 3 N–H and O–H groups in total. The fourth-order valence-electron chi connectivity index (χ4n) is 1.51. The first-order chi connectivity index (χ1) is 6.85. The molecule has 0 aromatic rings. The summed E-state index contributed by atoms with van der Waals surface area (Å²) >= 11 is 0. The molecular formula is C6H14BO7P. The smallest absolute Gasteiger partial charge is 0.388 e. The van der Waals surface area contributed by atoms with Crippen molar-refractivity contribution in [2.24, 2.45) is 0 Å². The van der Waals surface area contributed by atoms with E-state index >= 15 is 0 Å². The molecule has 1 saturated heterocycles. The number of phosphoric acid groups is 1. The van der Waals surface area contributed by atoms with Crippen LogP contribution in [-0.2, 0) is 18.6 Å². The van der Waals surface area contributed by atoms with E-state index in [0.717, 1.165) is 0 Å². The Labute approximate surface area is 88.0 Å². The summed E-state index contributed by atoms with van der Waals surface area (Å²) in [6.07, 6.45) is -2.81. The van der Waals surface area contributed by atoms with E-state index in [1.54, 1.807) is 7.85 Å². The maximum absolute atomic E-state index is 10.7. The zero-order valence-corrected chi connectivity index (χ0v) is 9.33. The van der Waals surface area contributed by atoms with Gasteiger partial charge in [0.1, 0.15) is 26.2 Å². The van der Waals surface area contributed by atoms with E-state index in [2.05, 4.69) is 4.52 Å². The van der Waals surface area contributed by atoms with Crippen molar-refractivity contribution in [3.8, 4) is 0 Å². The van der Waals surface area contributed by atoms with Crippen molar-refractivity contribution >= 4 is 15.7 Å². The number of aliphatic hydroxyl groups excluding tert-OH is 1. The second-order valence-corrected chi connectivity index (χ2v) is 4.58. The minimum Gasteiger partial charge on any atom is -0.388 e. The molecule has 1 heterocycles. The van der Waals surface area contributed by atoms with Gasteiger partial charge in [-0.1, -0.05) is 0 Å². The molecule has 0 radical (unpaired) electrons. The van der Waals surface area contributed by atoms with Gasteiger partial charge >= 0.3 is 7.82 Å². The highest BCUT2D eigenvalue weighted by Crippen LogP contribution is 2.41. The summed E-state index contributed by atoms with van der Waals surface area (Å²) in [6, 6.07) is -0.540. The van der Waals surface area contributed by atoms with E-state index in [9.17, 15) is 9.67 Å². The molecule has 7 nitrogen and oxygen atoms in total. The van der Waals surface area contributed by atoms with E-state index in [1.807, 2.05) is 0 Å². The molecule has 0 amide bonds. The van der Waals surface area contributed by atoms with Crippen LogP contribution >= 0.6 is 7.82 Å². The Hall–Kier alpha value is 0.0549. The standard InChI is InChI=1S/C6H14BO7P/c1-12-2-3-5(14-15(9,10)11)4(8)6(7)13-3/h3-6,8H,2,7H2,1H3,(H2,9,10,11)/t3-,4?,5?,6-/m1/s1. The van der Waals surface area contributed by atoms with Gasteiger partial charge in [-0.2, -0.15) is 0 Å². The van der Waals surface area contributed by atoms with Gasteiger partial charge in [-0.15, -0.1) is 0 Å². The minimum atomic E-state index is -4.64. The number of phosphoric ester groups is 1. The van der Waals surface area contributed by atoms with Gasteiger partial charge in [0.15, 0.2) is 0 Å². The SMILES string of the molecule is B[C@@H]1O[C@H](COC)C(OP(=O)(O)O)C1O. The van der Waals surface area contributed by atoms with Gasteiger partial charge in [-0.3, -0.25) is 4.52 Å². The zero-order chi connectivity index (χ0) is 11.6. The summed E-state index contributed by atoms with van der Waals surface area (Å²) in [6.45, 7) is 0.103. The average molecular weight is 240 g/mol. The first-order valence-corrected chi connectivity index (χ1v) is 5.94. The fraction of sp³-hybridized carbons (Fsp3) is 1.00. The highest BCUT2D eigenvalue weighted by molar-refractivity contribution is 7.46. The fourth-order valence-corrected chi connectivity index (χ4v) is 2.09. The monoisotopic (exact) mass is 240 g/mol. The summed E-state index contributed by atoms with van der Waals surface area (Å²) in [5.41, 5.74) is 0. The molecule has 0 bridgehead atoms. The van der Waals surface area contributed by atoms with Gasteiger partial charge < -0.3 is 24.4 Å². The average Bonchev–Trinajstić information content (AvgIpc) is 2.32. The van der Waals surface area contributed by atoms with Crippen LogP contribution in [0.5, 0.6) is 0 Å². The van der Waals surface area contributed by atoms with Crippen LogP contribution in [0.4, 0.5) is 0 Å². The van der Waals surface area contributed by atoms with Crippen LogP contribution < -0.4 is 0 Å². The highest BCUT2D eigenvalue weighted by Gasteiger charge is 2.45. The topological polar surface area (TPSA) is 105 Å². The van der Waals surface area contributed by atoms with E-state index < -0.39 is 32.1 Å². The van der Waals surface area contributed by atoms with Crippen molar-refractivity contribution in [1.82, 2.24) is 0 Å². The maximum Gasteiger partial charge on any atom is 0.470 e. The van der Waals surface area contributed by atoms with Crippen LogP contribution in [0.3, 0.4) is 0 Å². The van der Waals surface area contributed by atoms with Crippen molar-refractivity contribution in [2.45, 2.75) is 24.3 Å². The molecule has 0 spiro atoms. The Bertz CT molecular complexity index is 256. The molecule has 1 fully saturated rings. The third-order valence-corrected chi connectivity index (χ3v) is 2.68. The first-order valence-electron chi connectivity index (χ1n) is 4.41. The number of hydrogen-bond acceptors (Lipinski definition) is 5. The number of hydrogen-bond donors (Lipinski definition) is 3. The van der Waals surface area contributed by atoms with E-state index in [-0.39, 0.29) is 6.61 Å². The van der Waals surface area contributed by atoms with Gasteiger partial charge in [0.05, 0.1) is 12.6 Å². The Balaban J connectivity index is 2.68. The van der Waals surface area contributed by atoms with E-state index in [4.69, 9.17) is 19.3 Å². The molecule has 1 aliphatic rings. The van der Waals surface area contributed by atoms with Crippen LogP contribution in [0.1, 0.15) is 0 Å². The second kappa shape index (κ2) is 4.92. The number of methoxy groups -OCH3 is 1. The van der Waals surface area contributed by atoms with Crippen LogP contribution in [0.2, 0.25) is 0 Å². The lowest BCUT2D eigenvalue weighted by Gasteiger charge is -2.20. The van der Waals surface area contributed by atoms with Gasteiger partial charge in [0.25, 0.3) is 0 Å². The van der Waals surface area contributed by atoms with Crippen LogP contribution in [0.15, 0.2) is 0 Å². The normalized spacial score (nSPS) is 37.1. The lowest BCUT2D eigenvalue weighted by Crippen LogP contribution is -2.36. The second-order valence-electron chi connectivity index (χ2n) is 3.39. The quantitative estimate of drug-likeness (QED) is 0.379. The summed E-state index contributed by atoms with van der Waals surface area (Å²) in [4.78, 5) is 17.3. The Morgan fingerprint density at radius 2 is 2.13 bits per heavy atom. The molecule has 0 aromatic carbocycles. The van der Waals surface area contributed by atoms with Crippen molar-refractivity contribution < 1.29 is 33.5 Å². The minimum absolute atomic E-state index is 0.103. The van der Waals surface area contributed by atoms with Crippen molar-refractivity contribution in [3.05, 3.63) is 0 Å². The predicted molar refractivity (Wildman–Crippen MR) is 52.0 cm³/mol. The van der Waals surface area contributed by atoms with Crippen LogP contribution in [-0.4, -0.2) is 60.8 Å². The van der Waals surface area contributed by atoms with Gasteiger partial charge in [-0.25, -0.2) is 4.57 Å². The zero-order valence-electron chi connectivity index (χ0n) is 8.44. The number of aliphatic hydroxyl groups is 1. The van der Waals surface area contributed by atoms with E-state index in [1.165, 1.54) is 7.11 Å². The lowest BCUT2D eigenvalue weighted by molar-refractivity contribution is -0.0205. The molecule has 0 aromatic heterocycles. The predicted octanol–water partition coefficient (Wildman–Crippen LogP) is -2.17. The number of rotatable bonds is 4. The van der Waals surface area contributed by atoms with Crippen LogP contribution in [0.25, 0.3) is 0 Å². The largest absolute Gasteiger partial charge is 0.470 e. The third kappa shape index (κ3) is 3.53. The molecule has 0 saturated carbocycles. The lowest BCUT2D eigenvalue weighted by atomic mass is 9.93. The van der Waals surface area contributed by atoms with E-state index in [0.29, 0.717) is 0 Å². The van der Waals surface area contributed by atoms with Gasteiger partial charge in [0.2, 0.25) is 0 Å². The molecular weight excluding hydrogens is 226 g/mol. The van der Waals surface area contributed by atoms with Crippen molar-refractivity contribution in [2.75, 3.05) is 13.7 Å². The maximum atomic E-state index is 10.7. The molecule has 15 heavy (non-hydrogen) atoms. The van der Waals surface area contributed by atoms with Gasteiger partial charge in [0, 0.05) is 7.11 Å². The summed E-state index contributed by atoms with van der Waals surface area (Å²) in [7, 11) is -1.62. The van der Waals surface area contributed by atoms with Gasteiger partial charge in [-0.05, 0) is 0 Å². The summed E-state index contributed by atoms with van der Waals surface area (Å²) in [5.74, 6) is 0. The highest BCUT2D eigenvalue weighted by atomic mass is 31.2. The van der Waals surface area contributed by atoms with Crippen molar-refractivity contribution in [3.63, 3.8) is 0 Å². The molecule has 9 heteroatoms. The van der Waals surface area contributed by atoms with Crippen molar-refractivity contribution in [1.29, 1.82) is 0 Å². The Kier molecular flexibility index (Phi) is 4.31. The summed E-state index contributed by atoms with van der Waals surface area (Å²) < 4.78 is 25.1. The Morgan fingerprint density at radius 3 is 2.60 bits per heavy atom. The molecule has 2 unspecified atom stereocenters. The molecule has 88 valence electrons. The Morgan fingerprint density at radius 1 is 1.53 bits per heavy atom. The first kappa shape index (κ1) is 13.1. The van der Waals surface area contributed by atoms with Crippen LogP contribution in [0, 0.1) is 0 Å². The third-order valence-electron chi connectivity index (χ3n) is 2.16. The summed E-state index contributed by atoms with van der Waals surface area (Å²) in [5, 5.41) is 9.57.